The number of sulfonamides is 1. The molecule has 0 bridgehead atoms. The fourth-order valence-corrected chi connectivity index (χ4v) is 5.74. The van der Waals surface area contributed by atoms with E-state index in [9.17, 15) is 18.0 Å². The van der Waals surface area contributed by atoms with E-state index >= 15 is 0 Å². The highest BCUT2D eigenvalue weighted by molar-refractivity contribution is 7.92. The van der Waals surface area contributed by atoms with Crippen molar-refractivity contribution >= 4 is 27.5 Å². The minimum atomic E-state index is -4.29. The van der Waals surface area contributed by atoms with Crippen LogP contribution < -0.4 is 23.8 Å². The zero-order valence-corrected chi connectivity index (χ0v) is 25.0. The summed E-state index contributed by atoms with van der Waals surface area (Å²) in [5, 5.41) is 2.58. The highest BCUT2D eigenvalue weighted by atomic mass is 32.2. The Bertz CT molecular complexity index is 1460. The van der Waals surface area contributed by atoms with E-state index in [4.69, 9.17) is 14.2 Å². The predicted molar refractivity (Wildman–Crippen MR) is 157 cm³/mol. The molecular weight excluding hydrogens is 546 g/mol. The summed E-state index contributed by atoms with van der Waals surface area (Å²) < 4.78 is 45.3. The molecule has 0 saturated carbocycles. The van der Waals surface area contributed by atoms with E-state index < -0.39 is 28.5 Å². The summed E-state index contributed by atoms with van der Waals surface area (Å²) in [6, 6.07) is 17.4. The lowest BCUT2D eigenvalue weighted by molar-refractivity contribution is -0.139. The number of likely N-dealkylation sites (N-methyl/N-ethyl adjacent to an activating group) is 1. The van der Waals surface area contributed by atoms with Gasteiger partial charge in [-0.2, -0.15) is 0 Å². The molecule has 0 aliphatic carbocycles. The molecule has 0 spiro atoms. The van der Waals surface area contributed by atoms with Gasteiger partial charge in [-0.15, -0.1) is 0 Å². The highest BCUT2D eigenvalue weighted by Crippen LogP contribution is 2.33. The van der Waals surface area contributed by atoms with Crippen molar-refractivity contribution < 1.29 is 32.2 Å². The average Bonchev–Trinajstić information content (AvgIpc) is 2.98. The smallest absolute Gasteiger partial charge is 0.264 e. The third kappa shape index (κ3) is 7.49. The van der Waals surface area contributed by atoms with Crippen molar-refractivity contribution in [1.29, 1.82) is 0 Å². The minimum Gasteiger partial charge on any atom is -0.494 e. The fraction of sp³-hybridized carbons (Fsp3) is 0.333. The summed E-state index contributed by atoms with van der Waals surface area (Å²) >= 11 is 0. The zero-order valence-electron chi connectivity index (χ0n) is 24.2. The van der Waals surface area contributed by atoms with Crippen molar-refractivity contribution in [3.8, 4) is 17.2 Å². The maximum Gasteiger partial charge on any atom is 0.264 e. The first kappa shape index (κ1) is 31.3. The van der Waals surface area contributed by atoms with Gasteiger partial charge < -0.3 is 24.4 Å². The quantitative estimate of drug-likeness (QED) is 0.326. The lowest BCUT2D eigenvalue weighted by Crippen LogP contribution is -2.50. The molecule has 3 aromatic carbocycles. The molecule has 41 heavy (non-hydrogen) atoms. The Balaban J connectivity index is 2.08. The highest BCUT2D eigenvalue weighted by Gasteiger charge is 2.33. The molecule has 3 aromatic rings. The van der Waals surface area contributed by atoms with Gasteiger partial charge in [-0.05, 0) is 62.7 Å². The monoisotopic (exact) mass is 583 g/mol. The third-order valence-electron chi connectivity index (χ3n) is 6.51. The van der Waals surface area contributed by atoms with Crippen LogP contribution in [0.4, 0.5) is 5.69 Å². The maximum absolute atomic E-state index is 14.1. The summed E-state index contributed by atoms with van der Waals surface area (Å²) in [5.74, 6) is 0.210. The summed E-state index contributed by atoms with van der Waals surface area (Å²) in [6.07, 6.45) is 0. The number of amides is 2. The number of hydrogen-bond acceptors (Lipinski definition) is 7. The number of nitrogens with zero attached hydrogens (tertiary/aromatic N) is 2. The van der Waals surface area contributed by atoms with E-state index in [-0.39, 0.29) is 28.8 Å². The average molecular weight is 584 g/mol. The Morgan fingerprint density at radius 2 is 1.63 bits per heavy atom. The third-order valence-corrected chi connectivity index (χ3v) is 8.28. The molecule has 0 unspecified atom stereocenters. The molecule has 1 atom stereocenters. The largest absolute Gasteiger partial charge is 0.494 e. The number of anilines is 1. The van der Waals surface area contributed by atoms with Crippen molar-refractivity contribution in [1.82, 2.24) is 10.2 Å². The van der Waals surface area contributed by atoms with Crippen molar-refractivity contribution in [3.05, 3.63) is 77.9 Å². The first-order valence-corrected chi connectivity index (χ1v) is 14.5. The zero-order chi connectivity index (χ0) is 30.2. The van der Waals surface area contributed by atoms with Crippen molar-refractivity contribution in [3.63, 3.8) is 0 Å². The topological polar surface area (TPSA) is 114 Å². The molecule has 220 valence electrons. The first-order chi connectivity index (χ1) is 19.5. The van der Waals surface area contributed by atoms with Gasteiger partial charge in [0.1, 0.15) is 18.3 Å². The van der Waals surface area contributed by atoms with Crippen LogP contribution in [-0.2, 0) is 26.2 Å². The molecule has 0 aromatic heterocycles. The van der Waals surface area contributed by atoms with Gasteiger partial charge in [-0.3, -0.25) is 13.9 Å². The molecule has 1 N–H and O–H groups in total. The lowest BCUT2D eigenvalue weighted by atomic mass is 10.1. The Morgan fingerprint density at radius 1 is 0.951 bits per heavy atom. The second-order valence-corrected chi connectivity index (χ2v) is 11.1. The van der Waals surface area contributed by atoms with Gasteiger partial charge in [-0.1, -0.05) is 29.8 Å². The normalized spacial score (nSPS) is 11.8. The number of methoxy groups -OCH3 is 2. The molecule has 0 heterocycles. The second kappa shape index (κ2) is 13.9. The van der Waals surface area contributed by atoms with E-state index in [0.717, 1.165) is 15.4 Å². The van der Waals surface area contributed by atoms with Gasteiger partial charge in [-0.25, -0.2) is 8.42 Å². The fourth-order valence-electron chi connectivity index (χ4n) is 4.31. The SMILES string of the molecule is CCOc1ccc(N(CC(=O)N(Cc2cccc(C)c2)[C@H](C)C(=O)NC)S(=O)(=O)c2ccc(OC)c(OC)c2)cc1. The Morgan fingerprint density at radius 3 is 2.22 bits per heavy atom. The molecule has 3 rings (SSSR count). The summed E-state index contributed by atoms with van der Waals surface area (Å²) in [5.41, 5.74) is 2.05. The Hall–Kier alpha value is -4.25. The second-order valence-electron chi connectivity index (χ2n) is 9.26. The van der Waals surface area contributed by atoms with Crippen LogP contribution >= 0.6 is 0 Å². The summed E-state index contributed by atoms with van der Waals surface area (Å²) in [7, 11) is 0.0602. The number of carbonyl (C=O) groups is 2. The molecule has 2 amide bonds. The number of hydrogen-bond donors (Lipinski definition) is 1. The molecule has 0 radical (unpaired) electrons. The van der Waals surface area contributed by atoms with Gasteiger partial charge in [0.2, 0.25) is 11.8 Å². The van der Waals surface area contributed by atoms with Crippen molar-refractivity contribution in [2.45, 2.75) is 38.3 Å². The van der Waals surface area contributed by atoms with Crippen LogP contribution in [0.3, 0.4) is 0 Å². The number of aryl methyl sites for hydroxylation is 1. The summed E-state index contributed by atoms with van der Waals surface area (Å²) in [4.78, 5) is 27.8. The van der Waals surface area contributed by atoms with E-state index in [2.05, 4.69) is 5.32 Å². The van der Waals surface area contributed by atoms with Crippen LogP contribution in [0.1, 0.15) is 25.0 Å². The number of rotatable bonds is 13. The van der Waals surface area contributed by atoms with Gasteiger partial charge in [0.25, 0.3) is 10.0 Å². The van der Waals surface area contributed by atoms with Crippen LogP contribution in [0.5, 0.6) is 17.2 Å². The van der Waals surface area contributed by atoms with Crippen LogP contribution in [0.15, 0.2) is 71.6 Å². The van der Waals surface area contributed by atoms with Crippen molar-refractivity contribution in [2.75, 3.05) is 38.7 Å². The van der Waals surface area contributed by atoms with Gasteiger partial charge in [0.15, 0.2) is 11.5 Å². The first-order valence-electron chi connectivity index (χ1n) is 13.1. The minimum absolute atomic E-state index is 0.0959. The van der Waals surface area contributed by atoms with Gasteiger partial charge >= 0.3 is 0 Å². The Labute approximate surface area is 241 Å². The van der Waals surface area contributed by atoms with E-state index in [1.807, 2.05) is 38.1 Å². The Kier molecular flexibility index (Phi) is 10.6. The maximum atomic E-state index is 14.1. The molecule has 10 nitrogen and oxygen atoms in total. The van der Waals surface area contributed by atoms with Gasteiger partial charge in [0, 0.05) is 19.7 Å². The van der Waals surface area contributed by atoms with E-state index in [1.165, 1.54) is 44.4 Å². The number of benzene rings is 3. The number of nitrogens with one attached hydrogen (secondary N) is 1. The molecule has 0 fully saturated rings. The molecule has 0 aliphatic heterocycles. The van der Waals surface area contributed by atoms with Crippen LogP contribution in [0.25, 0.3) is 0 Å². The molecule has 0 aliphatic rings. The lowest BCUT2D eigenvalue weighted by Gasteiger charge is -2.32. The standard InChI is InChI=1S/C30H37N3O7S/c1-7-40-25-13-11-24(12-14-25)33(41(36,37)26-15-16-27(38-5)28(18-26)39-6)20-29(34)32(22(3)30(35)31-4)19-23-10-8-9-21(2)17-23/h8-18,22H,7,19-20H2,1-6H3,(H,31,35)/t22-/m1/s1. The van der Waals surface area contributed by atoms with E-state index in [0.29, 0.717) is 18.1 Å². The molecule has 11 heteroatoms. The van der Waals surface area contributed by atoms with Crippen LogP contribution in [0.2, 0.25) is 0 Å². The van der Waals surface area contributed by atoms with Crippen LogP contribution in [0, 0.1) is 6.92 Å². The molecule has 0 saturated heterocycles. The predicted octanol–water partition coefficient (Wildman–Crippen LogP) is 3.77. The molecular formula is C30H37N3O7S. The summed E-state index contributed by atoms with van der Waals surface area (Å²) in [6.45, 7) is 5.38. The van der Waals surface area contributed by atoms with E-state index in [1.54, 1.807) is 31.2 Å². The van der Waals surface area contributed by atoms with Crippen LogP contribution in [-0.4, -0.2) is 65.6 Å². The van der Waals surface area contributed by atoms with Crippen molar-refractivity contribution in [2.24, 2.45) is 0 Å². The van der Waals surface area contributed by atoms with Gasteiger partial charge in [0.05, 0.1) is 31.4 Å². The number of ether oxygens (including phenoxy) is 3. The number of carbonyl (C=O) groups excluding carboxylic acids is 2.